The highest BCUT2D eigenvalue weighted by Gasteiger charge is 2.27. The summed E-state index contributed by atoms with van der Waals surface area (Å²) < 4.78 is 0. The highest BCUT2D eigenvalue weighted by atomic mass is 16.1. The molecule has 17 heavy (non-hydrogen) atoms. The van der Waals surface area contributed by atoms with E-state index in [2.05, 4.69) is 17.6 Å². The number of hydrogen-bond acceptors (Lipinski definition) is 3. The Morgan fingerprint density at radius 3 is 2.59 bits per heavy atom. The lowest BCUT2D eigenvalue weighted by Crippen LogP contribution is -2.46. The molecule has 0 radical (unpaired) electrons. The number of nitrogens with one attached hydrogen (secondary N) is 2. The quantitative estimate of drug-likeness (QED) is 0.666. The van der Waals surface area contributed by atoms with Gasteiger partial charge in [0.15, 0.2) is 0 Å². The largest absolute Gasteiger partial charge is 0.353 e. The Kier molecular flexibility index (Phi) is 4.40. The zero-order valence-corrected chi connectivity index (χ0v) is 10.7. The molecule has 1 amide bonds. The third-order valence-corrected chi connectivity index (χ3v) is 4.11. The van der Waals surface area contributed by atoms with Gasteiger partial charge in [-0.3, -0.25) is 4.79 Å². The number of hydrogen-bond donors (Lipinski definition) is 3. The first-order chi connectivity index (χ1) is 8.15. The van der Waals surface area contributed by atoms with Crippen LogP contribution in [-0.4, -0.2) is 30.6 Å². The first-order valence-electron chi connectivity index (χ1n) is 6.94. The van der Waals surface area contributed by atoms with Crippen molar-refractivity contribution in [3.05, 3.63) is 0 Å². The molecule has 4 nitrogen and oxygen atoms in total. The number of rotatable bonds is 2. The van der Waals surface area contributed by atoms with Crippen molar-refractivity contribution in [2.45, 2.75) is 63.6 Å². The van der Waals surface area contributed by atoms with Crippen LogP contribution in [0.1, 0.15) is 45.4 Å². The minimum absolute atomic E-state index is 0.210. The van der Waals surface area contributed by atoms with Crippen molar-refractivity contribution in [2.24, 2.45) is 11.7 Å². The lowest BCUT2D eigenvalue weighted by atomic mass is 9.89. The van der Waals surface area contributed by atoms with E-state index >= 15 is 0 Å². The van der Waals surface area contributed by atoms with Crippen LogP contribution in [0, 0.1) is 5.92 Å². The maximum absolute atomic E-state index is 12.1. The Hall–Kier alpha value is -0.610. The first-order valence-corrected chi connectivity index (χ1v) is 6.94. The molecule has 2 rings (SSSR count). The van der Waals surface area contributed by atoms with Crippen LogP contribution in [0.3, 0.4) is 0 Å². The maximum atomic E-state index is 12.1. The van der Waals surface area contributed by atoms with Gasteiger partial charge in [-0.25, -0.2) is 0 Å². The SMILES string of the molecule is CC1CC(C(=O)NC2CCC(N)CC2)CCN1. The lowest BCUT2D eigenvalue weighted by molar-refractivity contribution is -0.127. The predicted octanol–water partition coefficient (Wildman–Crippen LogP) is 0.761. The van der Waals surface area contributed by atoms with Crippen molar-refractivity contribution in [2.75, 3.05) is 6.54 Å². The van der Waals surface area contributed by atoms with Crippen LogP contribution in [-0.2, 0) is 4.79 Å². The average Bonchev–Trinajstić information content (AvgIpc) is 2.32. The van der Waals surface area contributed by atoms with E-state index in [-0.39, 0.29) is 11.8 Å². The van der Waals surface area contributed by atoms with Crippen LogP contribution >= 0.6 is 0 Å². The van der Waals surface area contributed by atoms with E-state index in [0.29, 0.717) is 18.1 Å². The standard InChI is InChI=1S/C13H25N3O/c1-9-8-10(6-7-15-9)13(17)16-12-4-2-11(14)3-5-12/h9-12,15H,2-8,14H2,1H3,(H,16,17). The maximum Gasteiger partial charge on any atom is 0.223 e. The minimum atomic E-state index is 0.210. The number of carbonyl (C=O) groups excluding carboxylic acids is 1. The Bertz CT molecular complexity index is 261. The summed E-state index contributed by atoms with van der Waals surface area (Å²) in [5, 5.41) is 6.59. The van der Waals surface area contributed by atoms with Crippen LogP contribution in [0.4, 0.5) is 0 Å². The molecule has 1 heterocycles. The molecule has 0 aromatic rings. The highest BCUT2D eigenvalue weighted by molar-refractivity contribution is 5.79. The summed E-state index contributed by atoms with van der Waals surface area (Å²) >= 11 is 0. The molecule has 0 spiro atoms. The molecule has 0 aromatic carbocycles. The van der Waals surface area contributed by atoms with E-state index in [0.717, 1.165) is 45.1 Å². The second-order valence-electron chi connectivity index (χ2n) is 5.70. The molecule has 0 aromatic heterocycles. The number of piperidine rings is 1. The molecular formula is C13H25N3O. The molecule has 1 aliphatic heterocycles. The van der Waals surface area contributed by atoms with Gasteiger partial charge in [0, 0.05) is 24.0 Å². The van der Waals surface area contributed by atoms with Gasteiger partial charge in [0.25, 0.3) is 0 Å². The van der Waals surface area contributed by atoms with Gasteiger partial charge >= 0.3 is 0 Å². The van der Waals surface area contributed by atoms with E-state index in [1.54, 1.807) is 0 Å². The first kappa shape index (κ1) is 12.8. The fourth-order valence-electron chi connectivity index (χ4n) is 2.95. The molecule has 1 aliphatic carbocycles. The Morgan fingerprint density at radius 1 is 1.24 bits per heavy atom. The zero-order valence-electron chi connectivity index (χ0n) is 10.7. The Morgan fingerprint density at radius 2 is 1.94 bits per heavy atom. The van der Waals surface area contributed by atoms with Crippen LogP contribution < -0.4 is 16.4 Å². The van der Waals surface area contributed by atoms with Crippen LogP contribution in [0.2, 0.25) is 0 Å². The van der Waals surface area contributed by atoms with Gasteiger partial charge in [-0.2, -0.15) is 0 Å². The summed E-state index contributed by atoms with van der Waals surface area (Å²) in [6.07, 6.45) is 6.14. The van der Waals surface area contributed by atoms with E-state index in [9.17, 15) is 4.79 Å². The second kappa shape index (κ2) is 5.83. The van der Waals surface area contributed by atoms with Gasteiger partial charge in [-0.15, -0.1) is 0 Å². The number of carbonyl (C=O) groups is 1. The number of amides is 1. The van der Waals surface area contributed by atoms with Gasteiger partial charge in [0.2, 0.25) is 5.91 Å². The van der Waals surface area contributed by atoms with Gasteiger partial charge in [0.05, 0.1) is 0 Å². The van der Waals surface area contributed by atoms with Crippen molar-refractivity contribution in [3.63, 3.8) is 0 Å². The van der Waals surface area contributed by atoms with E-state index < -0.39 is 0 Å². The minimum Gasteiger partial charge on any atom is -0.353 e. The molecule has 2 unspecified atom stereocenters. The molecule has 4 N–H and O–H groups in total. The van der Waals surface area contributed by atoms with Gasteiger partial charge in [0.1, 0.15) is 0 Å². The van der Waals surface area contributed by atoms with Crippen molar-refractivity contribution in [3.8, 4) is 0 Å². The van der Waals surface area contributed by atoms with Crippen LogP contribution in [0.15, 0.2) is 0 Å². The van der Waals surface area contributed by atoms with Crippen molar-refractivity contribution in [1.29, 1.82) is 0 Å². The molecule has 2 aliphatic rings. The summed E-state index contributed by atoms with van der Waals surface area (Å²) in [5.41, 5.74) is 5.87. The lowest BCUT2D eigenvalue weighted by Gasteiger charge is -2.31. The molecule has 0 bridgehead atoms. The molecule has 2 fully saturated rings. The number of nitrogens with two attached hydrogens (primary N) is 1. The van der Waals surface area contributed by atoms with Gasteiger partial charge in [-0.1, -0.05) is 0 Å². The Balaban J connectivity index is 1.76. The monoisotopic (exact) mass is 239 g/mol. The summed E-state index contributed by atoms with van der Waals surface area (Å²) in [6.45, 7) is 3.12. The molecule has 98 valence electrons. The highest BCUT2D eigenvalue weighted by Crippen LogP contribution is 2.20. The van der Waals surface area contributed by atoms with E-state index in [4.69, 9.17) is 5.73 Å². The average molecular weight is 239 g/mol. The second-order valence-corrected chi connectivity index (χ2v) is 5.70. The van der Waals surface area contributed by atoms with Gasteiger partial charge < -0.3 is 16.4 Å². The third-order valence-electron chi connectivity index (χ3n) is 4.11. The Labute approximate surface area is 104 Å². The fraction of sp³-hybridized carbons (Fsp3) is 0.923. The van der Waals surface area contributed by atoms with E-state index in [1.165, 1.54) is 0 Å². The summed E-state index contributed by atoms with van der Waals surface area (Å²) in [5.74, 6) is 0.473. The predicted molar refractivity (Wildman–Crippen MR) is 68.6 cm³/mol. The zero-order chi connectivity index (χ0) is 12.3. The molecule has 4 heteroatoms. The molecule has 1 saturated carbocycles. The topological polar surface area (TPSA) is 67.2 Å². The molecule has 1 saturated heterocycles. The van der Waals surface area contributed by atoms with Gasteiger partial charge in [-0.05, 0) is 52.0 Å². The smallest absolute Gasteiger partial charge is 0.223 e. The summed E-state index contributed by atoms with van der Waals surface area (Å²) in [7, 11) is 0. The van der Waals surface area contributed by atoms with Crippen LogP contribution in [0.5, 0.6) is 0 Å². The molecule has 2 atom stereocenters. The van der Waals surface area contributed by atoms with Crippen molar-refractivity contribution in [1.82, 2.24) is 10.6 Å². The summed E-state index contributed by atoms with van der Waals surface area (Å²) in [4.78, 5) is 12.1. The summed E-state index contributed by atoms with van der Waals surface area (Å²) in [6, 6.07) is 1.19. The van der Waals surface area contributed by atoms with Crippen LogP contribution in [0.25, 0.3) is 0 Å². The normalized spacial score (nSPS) is 38.7. The van der Waals surface area contributed by atoms with E-state index in [1.807, 2.05) is 0 Å². The third kappa shape index (κ3) is 3.68. The molecular weight excluding hydrogens is 214 g/mol. The van der Waals surface area contributed by atoms with Crippen molar-refractivity contribution < 1.29 is 4.79 Å². The fourth-order valence-corrected chi connectivity index (χ4v) is 2.95. The van der Waals surface area contributed by atoms with Crippen molar-refractivity contribution >= 4 is 5.91 Å².